The Morgan fingerprint density at radius 3 is 2.50 bits per heavy atom. The van der Waals surface area contributed by atoms with Crippen LogP contribution in [0.5, 0.6) is 0 Å². The average Bonchev–Trinajstić information content (AvgIpc) is 2.96. The predicted octanol–water partition coefficient (Wildman–Crippen LogP) is 1.36. The van der Waals surface area contributed by atoms with Crippen molar-refractivity contribution in [3.05, 3.63) is 35.6 Å². The van der Waals surface area contributed by atoms with E-state index in [0.29, 0.717) is 24.6 Å². The SMILES string of the molecule is Nc1nc(N2CCC(CS(=O)(=O)Cc3ccc(F)cc3)CC2)n[nH]1. The third-order valence-electron chi connectivity index (χ3n) is 4.18. The van der Waals surface area contributed by atoms with Crippen molar-refractivity contribution in [2.45, 2.75) is 18.6 Å². The highest BCUT2D eigenvalue weighted by Crippen LogP contribution is 2.23. The van der Waals surface area contributed by atoms with Crippen molar-refractivity contribution in [3.63, 3.8) is 0 Å². The molecule has 1 aromatic heterocycles. The Hall–Kier alpha value is -2.16. The van der Waals surface area contributed by atoms with Gasteiger partial charge in [-0.1, -0.05) is 12.1 Å². The Balaban J connectivity index is 1.54. The number of nitrogens with one attached hydrogen (secondary N) is 1. The Morgan fingerprint density at radius 1 is 1.25 bits per heavy atom. The molecule has 0 bridgehead atoms. The first-order valence-corrected chi connectivity index (χ1v) is 9.61. The molecule has 0 unspecified atom stereocenters. The normalized spacial score (nSPS) is 16.5. The summed E-state index contributed by atoms with van der Waals surface area (Å²) in [6.45, 7) is 1.40. The molecule has 0 amide bonds. The van der Waals surface area contributed by atoms with Gasteiger partial charge in [-0.15, -0.1) is 5.10 Å². The van der Waals surface area contributed by atoms with Crippen LogP contribution in [0, 0.1) is 11.7 Å². The second-order valence-corrected chi connectivity index (χ2v) is 8.24. The number of piperidine rings is 1. The number of aromatic nitrogens is 3. The summed E-state index contributed by atoms with van der Waals surface area (Å²) in [7, 11) is -3.22. The van der Waals surface area contributed by atoms with Gasteiger partial charge < -0.3 is 10.6 Å². The number of benzene rings is 1. The van der Waals surface area contributed by atoms with Crippen molar-refractivity contribution in [1.82, 2.24) is 15.2 Å². The molecule has 0 radical (unpaired) electrons. The summed E-state index contributed by atoms with van der Waals surface area (Å²) >= 11 is 0. The van der Waals surface area contributed by atoms with Gasteiger partial charge in [0, 0.05) is 13.1 Å². The molecular weight excluding hydrogens is 333 g/mol. The van der Waals surface area contributed by atoms with Gasteiger partial charge in [0.1, 0.15) is 5.82 Å². The number of hydrogen-bond donors (Lipinski definition) is 2. The van der Waals surface area contributed by atoms with E-state index in [0.717, 1.165) is 12.8 Å². The number of H-pyrrole nitrogens is 1. The molecule has 0 spiro atoms. The fourth-order valence-corrected chi connectivity index (χ4v) is 4.83. The minimum atomic E-state index is -3.22. The van der Waals surface area contributed by atoms with Crippen LogP contribution in [0.1, 0.15) is 18.4 Å². The van der Waals surface area contributed by atoms with E-state index in [1.54, 1.807) is 0 Å². The number of anilines is 2. The van der Waals surface area contributed by atoms with E-state index in [2.05, 4.69) is 15.2 Å². The molecular formula is C15H20FN5O2S. The number of rotatable bonds is 5. The summed E-state index contributed by atoms with van der Waals surface area (Å²) in [5.41, 5.74) is 6.14. The first kappa shape index (κ1) is 16.7. The second-order valence-electron chi connectivity index (χ2n) is 6.13. The minimum absolute atomic E-state index is 0.0506. The number of nitrogen functional groups attached to an aromatic ring is 1. The Kier molecular flexibility index (Phi) is 4.70. The van der Waals surface area contributed by atoms with E-state index >= 15 is 0 Å². The van der Waals surface area contributed by atoms with Crippen molar-refractivity contribution >= 4 is 21.7 Å². The van der Waals surface area contributed by atoms with E-state index in [9.17, 15) is 12.8 Å². The van der Waals surface area contributed by atoms with E-state index in [1.165, 1.54) is 24.3 Å². The van der Waals surface area contributed by atoms with Crippen molar-refractivity contribution in [1.29, 1.82) is 0 Å². The standard InChI is InChI=1S/C15H20FN5O2S/c16-13-3-1-11(2-4-13)9-24(22,23)10-12-5-7-21(8-6-12)15-18-14(17)19-20-15/h1-4,12H,5-10H2,(H3,17,18,19,20). The van der Waals surface area contributed by atoms with Crippen LogP contribution in [0.15, 0.2) is 24.3 Å². The first-order valence-electron chi connectivity index (χ1n) is 7.79. The van der Waals surface area contributed by atoms with Crippen LogP contribution in [0.3, 0.4) is 0 Å². The summed E-state index contributed by atoms with van der Waals surface area (Å²) in [5.74, 6) is 0.674. The molecule has 1 saturated heterocycles. The van der Waals surface area contributed by atoms with Crippen molar-refractivity contribution in [3.8, 4) is 0 Å². The molecule has 7 nitrogen and oxygen atoms in total. The molecule has 3 N–H and O–H groups in total. The van der Waals surface area contributed by atoms with Crippen LogP contribution >= 0.6 is 0 Å². The molecule has 1 fully saturated rings. The lowest BCUT2D eigenvalue weighted by Gasteiger charge is -2.30. The molecule has 1 aliphatic heterocycles. The van der Waals surface area contributed by atoms with Gasteiger partial charge in [0.05, 0.1) is 11.5 Å². The smallest absolute Gasteiger partial charge is 0.246 e. The van der Waals surface area contributed by atoms with Gasteiger partial charge in [0.2, 0.25) is 11.9 Å². The molecule has 24 heavy (non-hydrogen) atoms. The summed E-state index contributed by atoms with van der Waals surface area (Å²) < 4.78 is 37.6. The van der Waals surface area contributed by atoms with Gasteiger partial charge in [0.15, 0.2) is 9.84 Å². The topological polar surface area (TPSA) is 105 Å². The molecule has 3 rings (SSSR count). The zero-order chi connectivity index (χ0) is 17.2. The summed E-state index contributed by atoms with van der Waals surface area (Å²) in [4.78, 5) is 6.08. The van der Waals surface area contributed by atoms with Crippen LogP contribution in [-0.2, 0) is 15.6 Å². The maximum Gasteiger partial charge on any atom is 0.246 e. The van der Waals surface area contributed by atoms with Gasteiger partial charge in [-0.3, -0.25) is 0 Å². The maximum absolute atomic E-state index is 12.9. The Bertz CT molecular complexity index is 782. The van der Waals surface area contributed by atoms with E-state index < -0.39 is 9.84 Å². The zero-order valence-electron chi connectivity index (χ0n) is 13.2. The molecule has 2 heterocycles. The van der Waals surface area contributed by atoms with Crippen LogP contribution in [0.25, 0.3) is 0 Å². The summed E-state index contributed by atoms with van der Waals surface area (Å²) in [6.07, 6.45) is 1.52. The van der Waals surface area contributed by atoms with Crippen LogP contribution < -0.4 is 10.6 Å². The van der Waals surface area contributed by atoms with E-state index in [1.807, 2.05) is 4.90 Å². The second kappa shape index (κ2) is 6.76. The molecule has 2 aromatic rings. The number of nitrogens with zero attached hydrogens (tertiary/aromatic N) is 3. The molecule has 1 aromatic carbocycles. The largest absolute Gasteiger partial charge is 0.368 e. The lowest BCUT2D eigenvalue weighted by atomic mass is 9.99. The van der Waals surface area contributed by atoms with Crippen LogP contribution in [-0.4, -0.2) is 42.4 Å². The Morgan fingerprint density at radius 2 is 1.92 bits per heavy atom. The lowest BCUT2D eigenvalue weighted by molar-refractivity contribution is 0.432. The molecule has 9 heteroatoms. The van der Waals surface area contributed by atoms with Gasteiger partial charge in [-0.05, 0) is 36.5 Å². The average molecular weight is 353 g/mol. The first-order chi connectivity index (χ1) is 11.4. The predicted molar refractivity (Wildman–Crippen MR) is 89.6 cm³/mol. The highest BCUT2D eigenvalue weighted by molar-refractivity contribution is 7.90. The maximum atomic E-state index is 12.9. The minimum Gasteiger partial charge on any atom is -0.368 e. The summed E-state index contributed by atoms with van der Waals surface area (Å²) in [6, 6.07) is 5.60. The van der Waals surface area contributed by atoms with Gasteiger partial charge in [-0.25, -0.2) is 17.9 Å². The molecule has 0 aliphatic carbocycles. The highest BCUT2D eigenvalue weighted by Gasteiger charge is 2.26. The number of nitrogens with two attached hydrogens (primary N) is 1. The third-order valence-corrected chi connectivity index (χ3v) is 5.93. The van der Waals surface area contributed by atoms with Crippen LogP contribution in [0.2, 0.25) is 0 Å². The monoisotopic (exact) mass is 353 g/mol. The highest BCUT2D eigenvalue weighted by atomic mass is 32.2. The molecule has 0 saturated carbocycles. The number of hydrogen-bond acceptors (Lipinski definition) is 6. The molecule has 1 aliphatic rings. The lowest BCUT2D eigenvalue weighted by Crippen LogP contribution is -2.36. The number of aromatic amines is 1. The fraction of sp³-hybridized carbons (Fsp3) is 0.467. The van der Waals surface area contributed by atoms with Crippen molar-refractivity contribution in [2.24, 2.45) is 5.92 Å². The number of halogens is 1. The number of sulfone groups is 1. The quantitative estimate of drug-likeness (QED) is 0.841. The fourth-order valence-electron chi connectivity index (χ4n) is 2.96. The molecule has 130 valence electrons. The van der Waals surface area contributed by atoms with Crippen molar-refractivity contribution in [2.75, 3.05) is 29.5 Å². The third kappa shape index (κ3) is 4.22. The zero-order valence-corrected chi connectivity index (χ0v) is 14.0. The van der Waals surface area contributed by atoms with Gasteiger partial charge in [-0.2, -0.15) is 4.98 Å². The van der Waals surface area contributed by atoms with Crippen LogP contribution in [0.4, 0.5) is 16.3 Å². The Labute approximate surface area is 140 Å². The van der Waals surface area contributed by atoms with Gasteiger partial charge >= 0.3 is 0 Å². The van der Waals surface area contributed by atoms with E-state index in [4.69, 9.17) is 5.73 Å². The van der Waals surface area contributed by atoms with Gasteiger partial charge in [0.25, 0.3) is 0 Å². The van der Waals surface area contributed by atoms with E-state index in [-0.39, 0.29) is 29.2 Å². The van der Waals surface area contributed by atoms with Crippen molar-refractivity contribution < 1.29 is 12.8 Å². The summed E-state index contributed by atoms with van der Waals surface area (Å²) in [5, 5.41) is 6.62. The molecule has 0 atom stereocenters.